The van der Waals surface area contributed by atoms with Gasteiger partial charge in [0.05, 0.1) is 0 Å². The van der Waals surface area contributed by atoms with Gasteiger partial charge in [0.25, 0.3) is 0 Å². The van der Waals surface area contributed by atoms with Gasteiger partial charge in [0.15, 0.2) is 0 Å². The van der Waals surface area contributed by atoms with E-state index in [0.29, 0.717) is 6.04 Å². The minimum Gasteiger partial charge on any atom is -0.369 e. The first-order valence-corrected chi connectivity index (χ1v) is 7.14. The van der Waals surface area contributed by atoms with Gasteiger partial charge in [-0.2, -0.15) is 0 Å². The molecule has 1 unspecified atom stereocenters. The first-order valence-electron chi connectivity index (χ1n) is 7.14. The summed E-state index contributed by atoms with van der Waals surface area (Å²) in [4.78, 5) is 6.72. The summed E-state index contributed by atoms with van der Waals surface area (Å²) in [5.74, 6) is 0. The summed E-state index contributed by atoms with van der Waals surface area (Å²) in [5, 5.41) is 3.46. The van der Waals surface area contributed by atoms with E-state index in [0.717, 1.165) is 26.1 Å². The standard InChI is InChI=1S/C15H27N3/c1-5-9-16-11-14-12-17-10-8-15(14)18(7-3)13(4)6-2/h8,10,12-13,16H,5-7,9,11H2,1-4H3. The number of hydrogen-bond donors (Lipinski definition) is 1. The molecule has 1 N–H and O–H groups in total. The lowest BCUT2D eigenvalue weighted by molar-refractivity contribution is 0.619. The molecule has 0 spiro atoms. The Bertz CT molecular complexity index is 338. The maximum atomic E-state index is 4.26. The lowest BCUT2D eigenvalue weighted by Crippen LogP contribution is -2.33. The van der Waals surface area contributed by atoms with E-state index >= 15 is 0 Å². The summed E-state index contributed by atoms with van der Waals surface area (Å²) in [7, 11) is 0. The molecule has 1 aromatic rings. The van der Waals surface area contributed by atoms with E-state index in [-0.39, 0.29) is 0 Å². The summed E-state index contributed by atoms with van der Waals surface area (Å²) in [6, 6.07) is 2.71. The van der Waals surface area contributed by atoms with Crippen LogP contribution in [0.1, 0.15) is 46.1 Å². The van der Waals surface area contributed by atoms with Gasteiger partial charge in [0.2, 0.25) is 0 Å². The highest BCUT2D eigenvalue weighted by Gasteiger charge is 2.14. The number of anilines is 1. The summed E-state index contributed by atoms with van der Waals surface area (Å²) >= 11 is 0. The largest absolute Gasteiger partial charge is 0.369 e. The molecule has 1 atom stereocenters. The fraction of sp³-hybridized carbons (Fsp3) is 0.667. The van der Waals surface area contributed by atoms with Crippen molar-refractivity contribution in [2.45, 2.75) is 53.1 Å². The van der Waals surface area contributed by atoms with Crippen LogP contribution < -0.4 is 10.2 Å². The molecular weight excluding hydrogens is 222 g/mol. The molecular formula is C15H27N3. The van der Waals surface area contributed by atoms with Gasteiger partial charge in [-0.1, -0.05) is 13.8 Å². The Morgan fingerprint density at radius 3 is 2.72 bits per heavy atom. The van der Waals surface area contributed by atoms with Crippen molar-refractivity contribution in [1.29, 1.82) is 0 Å². The molecule has 1 aromatic heterocycles. The van der Waals surface area contributed by atoms with Gasteiger partial charge in [-0.3, -0.25) is 4.98 Å². The van der Waals surface area contributed by atoms with E-state index in [1.54, 1.807) is 0 Å². The summed E-state index contributed by atoms with van der Waals surface area (Å²) < 4.78 is 0. The van der Waals surface area contributed by atoms with Gasteiger partial charge < -0.3 is 10.2 Å². The maximum Gasteiger partial charge on any atom is 0.0445 e. The normalized spacial score (nSPS) is 12.4. The van der Waals surface area contributed by atoms with Gasteiger partial charge in [0.1, 0.15) is 0 Å². The van der Waals surface area contributed by atoms with Gasteiger partial charge in [-0.25, -0.2) is 0 Å². The lowest BCUT2D eigenvalue weighted by Gasteiger charge is -2.31. The van der Waals surface area contributed by atoms with E-state index in [1.807, 2.05) is 12.4 Å². The average molecular weight is 249 g/mol. The third-order valence-corrected chi connectivity index (χ3v) is 3.39. The second-order valence-electron chi connectivity index (χ2n) is 4.72. The van der Waals surface area contributed by atoms with Crippen LogP contribution in [0, 0.1) is 0 Å². The van der Waals surface area contributed by atoms with Crippen molar-refractivity contribution in [1.82, 2.24) is 10.3 Å². The molecule has 18 heavy (non-hydrogen) atoms. The van der Waals surface area contributed by atoms with Crippen LogP contribution in [0.15, 0.2) is 18.5 Å². The molecule has 3 heteroatoms. The Balaban J connectivity index is 2.85. The highest BCUT2D eigenvalue weighted by molar-refractivity contribution is 5.52. The fourth-order valence-corrected chi connectivity index (χ4v) is 2.18. The lowest BCUT2D eigenvalue weighted by atomic mass is 10.1. The quantitative estimate of drug-likeness (QED) is 0.717. The van der Waals surface area contributed by atoms with Crippen LogP contribution in [0.3, 0.4) is 0 Å². The SMILES string of the molecule is CCCNCc1cnccc1N(CC)C(C)CC. The molecule has 0 amide bonds. The van der Waals surface area contributed by atoms with Gasteiger partial charge >= 0.3 is 0 Å². The minimum absolute atomic E-state index is 0.572. The molecule has 0 saturated carbocycles. The first-order chi connectivity index (χ1) is 8.74. The van der Waals surface area contributed by atoms with Crippen molar-refractivity contribution in [2.75, 3.05) is 18.0 Å². The third-order valence-electron chi connectivity index (χ3n) is 3.39. The molecule has 1 rings (SSSR count). The molecule has 0 aromatic carbocycles. The van der Waals surface area contributed by atoms with E-state index in [2.05, 4.69) is 49.0 Å². The zero-order chi connectivity index (χ0) is 13.4. The predicted molar refractivity (Wildman–Crippen MR) is 79.0 cm³/mol. The Labute approximate surface area is 112 Å². The predicted octanol–water partition coefficient (Wildman–Crippen LogP) is 3.21. The van der Waals surface area contributed by atoms with Crippen molar-refractivity contribution in [3.05, 3.63) is 24.0 Å². The van der Waals surface area contributed by atoms with Crippen LogP contribution in [0.5, 0.6) is 0 Å². The molecule has 0 saturated heterocycles. The van der Waals surface area contributed by atoms with Crippen molar-refractivity contribution in [3.8, 4) is 0 Å². The minimum atomic E-state index is 0.572. The third kappa shape index (κ3) is 3.98. The number of nitrogens with one attached hydrogen (secondary N) is 1. The number of aromatic nitrogens is 1. The maximum absolute atomic E-state index is 4.26. The summed E-state index contributed by atoms with van der Waals surface area (Å²) in [5.41, 5.74) is 2.62. The van der Waals surface area contributed by atoms with Crippen molar-refractivity contribution < 1.29 is 0 Å². The van der Waals surface area contributed by atoms with Crippen molar-refractivity contribution in [2.24, 2.45) is 0 Å². The zero-order valence-corrected chi connectivity index (χ0v) is 12.2. The first kappa shape index (κ1) is 15.0. The number of pyridine rings is 1. The smallest absolute Gasteiger partial charge is 0.0445 e. The van der Waals surface area contributed by atoms with Crippen LogP contribution in [0.4, 0.5) is 5.69 Å². The van der Waals surface area contributed by atoms with Crippen LogP contribution in [-0.4, -0.2) is 24.1 Å². The highest BCUT2D eigenvalue weighted by atomic mass is 15.2. The molecule has 102 valence electrons. The van der Waals surface area contributed by atoms with Crippen LogP contribution >= 0.6 is 0 Å². The Morgan fingerprint density at radius 2 is 2.11 bits per heavy atom. The van der Waals surface area contributed by atoms with Crippen LogP contribution in [0.25, 0.3) is 0 Å². The molecule has 0 aliphatic carbocycles. The second-order valence-corrected chi connectivity index (χ2v) is 4.72. The topological polar surface area (TPSA) is 28.2 Å². The molecule has 0 radical (unpaired) electrons. The molecule has 0 fully saturated rings. The molecule has 0 aliphatic rings. The van der Waals surface area contributed by atoms with E-state index in [9.17, 15) is 0 Å². The molecule has 0 aliphatic heterocycles. The Hall–Kier alpha value is -1.09. The van der Waals surface area contributed by atoms with Crippen molar-refractivity contribution in [3.63, 3.8) is 0 Å². The number of rotatable bonds is 8. The van der Waals surface area contributed by atoms with E-state index in [4.69, 9.17) is 0 Å². The van der Waals surface area contributed by atoms with Crippen LogP contribution in [0.2, 0.25) is 0 Å². The monoisotopic (exact) mass is 249 g/mol. The van der Waals surface area contributed by atoms with Gasteiger partial charge in [-0.15, -0.1) is 0 Å². The summed E-state index contributed by atoms with van der Waals surface area (Å²) in [6.45, 7) is 11.9. The number of hydrogen-bond acceptors (Lipinski definition) is 3. The number of nitrogens with zero attached hydrogens (tertiary/aromatic N) is 2. The molecule has 1 heterocycles. The second kappa shape index (κ2) is 8.09. The zero-order valence-electron chi connectivity index (χ0n) is 12.2. The van der Waals surface area contributed by atoms with Gasteiger partial charge in [-0.05, 0) is 39.3 Å². The average Bonchev–Trinajstić information content (AvgIpc) is 2.41. The summed E-state index contributed by atoms with van der Waals surface area (Å²) in [6.07, 6.45) is 6.21. The van der Waals surface area contributed by atoms with E-state index in [1.165, 1.54) is 17.7 Å². The van der Waals surface area contributed by atoms with Crippen molar-refractivity contribution >= 4 is 5.69 Å². The van der Waals surface area contributed by atoms with E-state index < -0.39 is 0 Å². The fourth-order valence-electron chi connectivity index (χ4n) is 2.18. The molecule has 3 nitrogen and oxygen atoms in total. The van der Waals surface area contributed by atoms with Gasteiger partial charge in [0, 0.05) is 42.8 Å². The Kier molecular flexibility index (Phi) is 6.73. The highest BCUT2D eigenvalue weighted by Crippen LogP contribution is 2.22. The molecule has 0 bridgehead atoms. The van der Waals surface area contributed by atoms with Crippen LogP contribution in [-0.2, 0) is 6.54 Å². The Morgan fingerprint density at radius 1 is 1.33 bits per heavy atom.